The van der Waals surface area contributed by atoms with Gasteiger partial charge in [-0.1, -0.05) is 0 Å². The first-order chi connectivity index (χ1) is 9.31. The van der Waals surface area contributed by atoms with Crippen molar-refractivity contribution in [2.75, 3.05) is 13.1 Å². The molecule has 0 radical (unpaired) electrons. The Kier molecular flexibility index (Phi) is 3.99. The van der Waals surface area contributed by atoms with E-state index < -0.39 is 17.6 Å². The predicted molar refractivity (Wildman–Crippen MR) is 64.0 cm³/mol. The number of rotatable bonds is 3. The molecule has 1 aliphatic heterocycles. The lowest BCUT2D eigenvalue weighted by molar-refractivity contribution is -0.137. The number of nitrogens with zero attached hydrogens (tertiary/aromatic N) is 1. The zero-order chi connectivity index (χ0) is 14.9. The Labute approximate surface area is 113 Å². The van der Waals surface area contributed by atoms with Gasteiger partial charge in [0.05, 0.1) is 5.56 Å². The highest BCUT2D eigenvalue weighted by molar-refractivity contribution is 5.78. The molecule has 1 amide bonds. The topological polar surface area (TPSA) is 46.3 Å². The Morgan fingerprint density at radius 3 is 2.60 bits per heavy atom. The van der Waals surface area contributed by atoms with Crippen LogP contribution in [-0.4, -0.2) is 23.9 Å². The van der Waals surface area contributed by atoms with Gasteiger partial charge in [0.1, 0.15) is 5.82 Å². The Morgan fingerprint density at radius 1 is 1.35 bits per heavy atom. The van der Waals surface area contributed by atoms with Crippen LogP contribution in [0, 0.1) is 11.7 Å². The van der Waals surface area contributed by atoms with Gasteiger partial charge in [-0.05, 0) is 30.7 Å². The number of carbonyl (C=O) groups excluding carboxylic acids is 1. The van der Waals surface area contributed by atoms with Gasteiger partial charge in [0, 0.05) is 25.1 Å². The molecule has 1 aromatic carbocycles. The van der Waals surface area contributed by atoms with E-state index in [1.54, 1.807) is 0 Å². The largest absolute Gasteiger partial charge is 0.416 e. The third-order valence-corrected chi connectivity index (χ3v) is 3.36. The quantitative estimate of drug-likeness (QED) is 0.867. The van der Waals surface area contributed by atoms with Crippen LogP contribution in [-0.2, 0) is 17.5 Å². The maximum absolute atomic E-state index is 13.6. The fraction of sp³-hybridized carbons (Fsp3) is 0.462. The number of amides is 1. The smallest absolute Gasteiger partial charge is 0.338 e. The lowest BCUT2D eigenvalue weighted by atomic mass is 10.1. The second kappa shape index (κ2) is 5.40. The first-order valence-corrected chi connectivity index (χ1v) is 6.14. The van der Waals surface area contributed by atoms with Crippen LogP contribution in [0.25, 0.3) is 0 Å². The van der Waals surface area contributed by atoms with Gasteiger partial charge in [-0.2, -0.15) is 13.2 Å². The Morgan fingerprint density at radius 2 is 2.05 bits per heavy atom. The van der Waals surface area contributed by atoms with E-state index in [1.807, 2.05) is 0 Å². The molecule has 2 rings (SSSR count). The number of alkyl halides is 3. The van der Waals surface area contributed by atoms with Crippen molar-refractivity contribution >= 4 is 5.91 Å². The van der Waals surface area contributed by atoms with Crippen molar-refractivity contribution in [3.8, 4) is 0 Å². The number of hydrogen-bond donors (Lipinski definition) is 1. The highest BCUT2D eigenvalue weighted by atomic mass is 19.4. The van der Waals surface area contributed by atoms with Crippen LogP contribution in [0.3, 0.4) is 0 Å². The minimum absolute atomic E-state index is 0.0173. The van der Waals surface area contributed by atoms with Crippen molar-refractivity contribution in [2.24, 2.45) is 11.7 Å². The van der Waals surface area contributed by atoms with E-state index >= 15 is 0 Å². The van der Waals surface area contributed by atoms with E-state index in [0.29, 0.717) is 19.2 Å². The molecule has 2 N–H and O–H groups in total. The standard InChI is InChI=1S/C13H14F4N2O/c14-11-2-1-10(13(15,16)17)4-9(11)7-19-6-8(5-18)3-12(19)20/h1-2,4,8H,3,5-7,18H2. The molecule has 1 aliphatic rings. The summed E-state index contributed by atoms with van der Waals surface area (Å²) >= 11 is 0. The zero-order valence-electron chi connectivity index (χ0n) is 10.6. The van der Waals surface area contributed by atoms with Gasteiger partial charge in [0.25, 0.3) is 0 Å². The highest BCUT2D eigenvalue weighted by Crippen LogP contribution is 2.31. The molecule has 0 spiro atoms. The van der Waals surface area contributed by atoms with Gasteiger partial charge in [-0.3, -0.25) is 4.79 Å². The molecule has 1 atom stereocenters. The molecule has 1 unspecified atom stereocenters. The molecule has 0 saturated carbocycles. The monoisotopic (exact) mass is 290 g/mol. The molecular weight excluding hydrogens is 276 g/mol. The number of carbonyl (C=O) groups is 1. The molecule has 1 heterocycles. The van der Waals surface area contributed by atoms with Crippen molar-refractivity contribution in [3.63, 3.8) is 0 Å². The number of hydrogen-bond acceptors (Lipinski definition) is 2. The molecule has 0 aromatic heterocycles. The molecule has 1 aromatic rings. The molecule has 110 valence electrons. The van der Waals surface area contributed by atoms with Crippen LogP contribution >= 0.6 is 0 Å². The summed E-state index contributed by atoms with van der Waals surface area (Å²) in [6.07, 6.45) is -4.27. The van der Waals surface area contributed by atoms with E-state index in [9.17, 15) is 22.4 Å². The van der Waals surface area contributed by atoms with Crippen molar-refractivity contribution in [2.45, 2.75) is 19.1 Å². The number of nitrogens with two attached hydrogens (primary N) is 1. The van der Waals surface area contributed by atoms with E-state index in [-0.39, 0.29) is 30.4 Å². The van der Waals surface area contributed by atoms with Crippen molar-refractivity contribution in [3.05, 3.63) is 35.1 Å². The van der Waals surface area contributed by atoms with Gasteiger partial charge in [-0.25, -0.2) is 4.39 Å². The van der Waals surface area contributed by atoms with Crippen LogP contribution < -0.4 is 5.73 Å². The minimum Gasteiger partial charge on any atom is -0.338 e. The maximum atomic E-state index is 13.6. The van der Waals surface area contributed by atoms with Gasteiger partial charge in [0.2, 0.25) is 5.91 Å². The minimum atomic E-state index is -4.53. The highest BCUT2D eigenvalue weighted by Gasteiger charge is 2.33. The number of benzene rings is 1. The third-order valence-electron chi connectivity index (χ3n) is 3.36. The molecule has 1 fully saturated rings. The molecule has 0 bridgehead atoms. The summed E-state index contributed by atoms with van der Waals surface area (Å²) in [6.45, 7) is 0.517. The van der Waals surface area contributed by atoms with E-state index in [2.05, 4.69) is 0 Å². The van der Waals surface area contributed by atoms with Crippen LogP contribution in [0.5, 0.6) is 0 Å². The lowest BCUT2D eigenvalue weighted by Crippen LogP contribution is -2.26. The summed E-state index contributed by atoms with van der Waals surface area (Å²) in [7, 11) is 0. The Bertz CT molecular complexity index is 516. The molecule has 1 saturated heterocycles. The molecule has 0 aliphatic carbocycles. The first kappa shape index (κ1) is 14.8. The summed E-state index contributed by atoms with van der Waals surface area (Å²) in [4.78, 5) is 13.0. The first-order valence-electron chi connectivity index (χ1n) is 6.14. The average molecular weight is 290 g/mol. The predicted octanol–water partition coefficient (Wildman–Crippen LogP) is 2.15. The fourth-order valence-electron chi connectivity index (χ4n) is 2.24. The Balaban J connectivity index is 2.19. The summed E-state index contributed by atoms with van der Waals surface area (Å²) in [5.74, 6) is -0.976. The second-order valence-electron chi connectivity index (χ2n) is 4.88. The molecule has 3 nitrogen and oxygen atoms in total. The van der Waals surface area contributed by atoms with Gasteiger partial charge >= 0.3 is 6.18 Å². The van der Waals surface area contributed by atoms with Crippen LogP contribution in [0.15, 0.2) is 18.2 Å². The van der Waals surface area contributed by atoms with Crippen molar-refractivity contribution in [1.29, 1.82) is 0 Å². The van der Waals surface area contributed by atoms with Crippen LogP contribution in [0.4, 0.5) is 17.6 Å². The normalized spacial score (nSPS) is 19.8. The second-order valence-corrected chi connectivity index (χ2v) is 4.88. The molecular formula is C13H14F4N2O. The van der Waals surface area contributed by atoms with E-state index in [1.165, 1.54) is 4.90 Å². The summed E-state index contributed by atoms with van der Waals surface area (Å²) in [5, 5.41) is 0. The van der Waals surface area contributed by atoms with Gasteiger partial charge in [0.15, 0.2) is 0 Å². The van der Waals surface area contributed by atoms with Crippen LogP contribution in [0.1, 0.15) is 17.5 Å². The zero-order valence-corrected chi connectivity index (χ0v) is 10.6. The fourth-order valence-corrected chi connectivity index (χ4v) is 2.24. The average Bonchev–Trinajstić information content (AvgIpc) is 2.71. The Hall–Kier alpha value is -1.63. The van der Waals surface area contributed by atoms with Crippen molar-refractivity contribution < 1.29 is 22.4 Å². The summed E-state index contributed by atoms with van der Waals surface area (Å²) in [6, 6.07) is 2.21. The van der Waals surface area contributed by atoms with Gasteiger partial charge in [-0.15, -0.1) is 0 Å². The van der Waals surface area contributed by atoms with E-state index in [4.69, 9.17) is 5.73 Å². The summed E-state index contributed by atoms with van der Waals surface area (Å²) in [5.41, 5.74) is 4.41. The molecule has 20 heavy (non-hydrogen) atoms. The van der Waals surface area contributed by atoms with Gasteiger partial charge < -0.3 is 10.6 Å². The number of likely N-dealkylation sites (tertiary alicyclic amines) is 1. The molecule has 7 heteroatoms. The lowest BCUT2D eigenvalue weighted by Gasteiger charge is -2.18. The van der Waals surface area contributed by atoms with E-state index in [0.717, 1.165) is 12.1 Å². The third kappa shape index (κ3) is 3.09. The SMILES string of the molecule is NCC1CC(=O)N(Cc2cc(C(F)(F)F)ccc2F)C1. The number of halogens is 4. The van der Waals surface area contributed by atoms with Crippen LogP contribution in [0.2, 0.25) is 0 Å². The maximum Gasteiger partial charge on any atom is 0.416 e. The summed E-state index contributed by atoms with van der Waals surface area (Å²) < 4.78 is 51.3. The van der Waals surface area contributed by atoms with Crippen molar-refractivity contribution in [1.82, 2.24) is 4.90 Å².